The molecular formula is C11H20N2O. The lowest BCUT2D eigenvalue weighted by Crippen LogP contribution is -2.30. The molecule has 2 aliphatic rings. The fourth-order valence-corrected chi connectivity index (χ4v) is 2.74. The summed E-state index contributed by atoms with van der Waals surface area (Å²) in [5.74, 6) is 0.808. The van der Waals surface area contributed by atoms with E-state index in [9.17, 15) is 4.79 Å². The van der Waals surface area contributed by atoms with Crippen LogP contribution in [0.4, 0.5) is 0 Å². The number of hydrogen-bond donors (Lipinski definition) is 1. The van der Waals surface area contributed by atoms with E-state index in [0.717, 1.165) is 6.54 Å². The predicted molar refractivity (Wildman–Crippen MR) is 55.9 cm³/mol. The Hall–Kier alpha value is -0.410. The van der Waals surface area contributed by atoms with Crippen molar-refractivity contribution in [3.63, 3.8) is 0 Å². The Morgan fingerprint density at radius 3 is 2.79 bits per heavy atom. The molecule has 0 radical (unpaired) electrons. The first kappa shape index (κ1) is 10.1. The molecule has 80 valence electrons. The van der Waals surface area contributed by atoms with Crippen LogP contribution < -0.4 is 5.73 Å². The third kappa shape index (κ3) is 1.71. The van der Waals surface area contributed by atoms with E-state index >= 15 is 0 Å². The SMILES string of the molecule is C[C@H](N)C(=O)C[C@H]1CN(C)CC12CC2. The second-order valence-corrected chi connectivity index (χ2v) is 5.22. The maximum Gasteiger partial charge on any atom is 0.149 e. The molecule has 3 heteroatoms. The summed E-state index contributed by atoms with van der Waals surface area (Å²) in [6, 6.07) is -0.281. The Kier molecular flexibility index (Phi) is 2.40. The maximum atomic E-state index is 11.6. The highest BCUT2D eigenvalue weighted by atomic mass is 16.1. The molecule has 2 atom stereocenters. The zero-order valence-electron chi connectivity index (χ0n) is 9.12. The van der Waals surface area contributed by atoms with Gasteiger partial charge in [-0.05, 0) is 38.1 Å². The van der Waals surface area contributed by atoms with Gasteiger partial charge in [0.2, 0.25) is 0 Å². The molecule has 2 fully saturated rings. The zero-order valence-corrected chi connectivity index (χ0v) is 9.12. The average Bonchev–Trinajstić information content (AvgIpc) is 2.76. The minimum Gasteiger partial charge on any atom is -0.322 e. The molecule has 1 spiro atoms. The fourth-order valence-electron chi connectivity index (χ4n) is 2.74. The van der Waals surface area contributed by atoms with Crippen LogP contribution in [0, 0.1) is 11.3 Å². The lowest BCUT2D eigenvalue weighted by molar-refractivity contribution is -0.121. The van der Waals surface area contributed by atoms with Crippen molar-refractivity contribution < 1.29 is 4.79 Å². The molecule has 0 amide bonds. The van der Waals surface area contributed by atoms with E-state index in [2.05, 4.69) is 11.9 Å². The molecule has 2 rings (SSSR count). The molecule has 0 unspecified atom stereocenters. The van der Waals surface area contributed by atoms with Gasteiger partial charge >= 0.3 is 0 Å². The molecule has 1 heterocycles. The van der Waals surface area contributed by atoms with Crippen molar-refractivity contribution in [1.82, 2.24) is 4.90 Å². The van der Waals surface area contributed by atoms with Gasteiger partial charge in [-0.1, -0.05) is 0 Å². The summed E-state index contributed by atoms with van der Waals surface area (Å²) in [7, 11) is 2.15. The normalized spacial score (nSPS) is 32.1. The highest BCUT2D eigenvalue weighted by molar-refractivity contribution is 5.83. The van der Waals surface area contributed by atoms with Gasteiger partial charge in [0.15, 0.2) is 0 Å². The van der Waals surface area contributed by atoms with Crippen LogP contribution >= 0.6 is 0 Å². The molecule has 0 bridgehead atoms. The van der Waals surface area contributed by atoms with Crippen LogP contribution in [-0.4, -0.2) is 36.9 Å². The number of Topliss-reactive ketones (excluding diaryl/α,β-unsaturated/α-hetero) is 1. The van der Waals surface area contributed by atoms with Gasteiger partial charge in [0.05, 0.1) is 6.04 Å². The van der Waals surface area contributed by atoms with Crippen molar-refractivity contribution in [3.8, 4) is 0 Å². The molecule has 1 saturated heterocycles. The van der Waals surface area contributed by atoms with Gasteiger partial charge in [-0.3, -0.25) is 4.79 Å². The van der Waals surface area contributed by atoms with E-state index in [4.69, 9.17) is 5.73 Å². The first-order valence-corrected chi connectivity index (χ1v) is 5.50. The standard InChI is InChI=1S/C11H20N2O/c1-8(12)10(14)5-9-6-13(2)7-11(9)3-4-11/h8-9H,3-7,12H2,1-2H3/t8-,9-/m0/s1. The maximum absolute atomic E-state index is 11.6. The van der Waals surface area contributed by atoms with Crippen molar-refractivity contribution in [3.05, 3.63) is 0 Å². The van der Waals surface area contributed by atoms with Crippen molar-refractivity contribution >= 4 is 5.78 Å². The minimum absolute atomic E-state index is 0.233. The van der Waals surface area contributed by atoms with Crippen molar-refractivity contribution in [2.75, 3.05) is 20.1 Å². The van der Waals surface area contributed by atoms with Crippen LogP contribution in [0.5, 0.6) is 0 Å². The van der Waals surface area contributed by atoms with E-state index in [-0.39, 0.29) is 11.8 Å². The summed E-state index contributed by atoms with van der Waals surface area (Å²) < 4.78 is 0. The summed E-state index contributed by atoms with van der Waals surface area (Å²) in [5, 5.41) is 0. The minimum atomic E-state index is -0.281. The van der Waals surface area contributed by atoms with Gasteiger partial charge < -0.3 is 10.6 Å². The Bertz CT molecular complexity index is 246. The molecule has 1 aliphatic carbocycles. The van der Waals surface area contributed by atoms with Gasteiger partial charge in [-0.2, -0.15) is 0 Å². The third-order valence-corrected chi connectivity index (χ3v) is 3.83. The Morgan fingerprint density at radius 2 is 2.29 bits per heavy atom. The first-order chi connectivity index (χ1) is 6.53. The second kappa shape index (κ2) is 3.31. The van der Waals surface area contributed by atoms with Gasteiger partial charge in [-0.15, -0.1) is 0 Å². The number of rotatable bonds is 3. The van der Waals surface area contributed by atoms with Gasteiger partial charge in [0, 0.05) is 19.5 Å². The summed E-state index contributed by atoms with van der Waals surface area (Å²) in [5.41, 5.74) is 6.09. The zero-order chi connectivity index (χ0) is 10.3. The lowest BCUT2D eigenvalue weighted by Gasteiger charge is -2.16. The Morgan fingerprint density at radius 1 is 1.64 bits per heavy atom. The quantitative estimate of drug-likeness (QED) is 0.720. The number of nitrogens with zero attached hydrogens (tertiary/aromatic N) is 1. The molecule has 0 aromatic rings. The summed E-state index contributed by atoms with van der Waals surface area (Å²) in [6.45, 7) is 4.06. The lowest BCUT2D eigenvalue weighted by atomic mass is 9.87. The third-order valence-electron chi connectivity index (χ3n) is 3.83. The molecule has 1 saturated carbocycles. The first-order valence-electron chi connectivity index (χ1n) is 5.50. The van der Waals surface area contributed by atoms with Crippen molar-refractivity contribution in [2.24, 2.45) is 17.1 Å². The van der Waals surface area contributed by atoms with Crippen LogP contribution in [-0.2, 0) is 4.79 Å². The molecular weight excluding hydrogens is 176 g/mol. The molecule has 14 heavy (non-hydrogen) atoms. The van der Waals surface area contributed by atoms with E-state index < -0.39 is 0 Å². The molecule has 0 aromatic carbocycles. The van der Waals surface area contributed by atoms with E-state index in [1.807, 2.05) is 0 Å². The monoisotopic (exact) mass is 196 g/mol. The van der Waals surface area contributed by atoms with Crippen LogP contribution in [0.25, 0.3) is 0 Å². The highest BCUT2D eigenvalue weighted by Crippen LogP contribution is 2.57. The van der Waals surface area contributed by atoms with Crippen LogP contribution in [0.3, 0.4) is 0 Å². The molecule has 2 N–H and O–H groups in total. The number of nitrogens with two attached hydrogens (primary N) is 1. The summed E-state index contributed by atoms with van der Waals surface area (Å²) >= 11 is 0. The smallest absolute Gasteiger partial charge is 0.149 e. The number of ketones is 1. The number of hydrogen-bond acceptors (Lipinski definition) is 3. The topological polar surface area (TPSA) is 46.3 Å². The van der Waals surface area contributed by atoms with Crippen LogP contribution in [0.2, 0.25) is 0 Å². The van der Waals surface area contributed by atoms with Gasteiger partial charge in [0.25, 0.3) is 0 Å². The average molecular weight is 196 g/mol. The van der Waals surface area contributed by atoms with Gasteiger partial charge in [-0.25, -0.2) is 0 Å². The fraction of sp³-hybridized carbons (Fsp3) is 0.909. The van der Waals surface area contributed by atoms with Gasteiger partial charge in [0.1, 0.15) is 5.78 Å². The van der Waals surface area contributed by atoms with Crippen LogP contribution in [0.1, 0.15) is 26.2 Å². The Balaban J connectivity index is 1.95. The second-order valence-electron chi connectivity index (χ2n) is 5.22. The number of carbonyl (C=O) groups excluding carboxylic acids is 1. The van der Waals surface area contributed by atoms with E-state index in [1.54, 1.807) is 6.92 Å². The van der Waals surface area contributed by atoms with Crippen LogP contribution in [0.15, 0.2) is 0 Å². The summed E-state index contributed by atoms with van der Waals surface area (Å²) in [4.78, 5) is 13.9. The number of likely N-dealkylation sites (tertiary alicyclic amines) is 1. The Labute approximate surface area is 85.6 Å². The highest BCUT2D eigenvalue weighted by Gasteiger charge is 2.54. The molecule has 0 aromatic heterocycles. The predicted octanol–water partition coefficient (Wildman–Crippen LogP) is 0.635. The molecule has 3 nitrogen and oxygen atoms in total. The number of carbonyl (C=O) groups is 1. The summed E-state index contributed by atoms with van der Waals surface area (Å²) in [6.07, 6.45) is 3.32. The van der Waals surface area contributed by atoms with Crippen molar-refractivity contribution in [2.45, 2.75) is 32.2 Å². The van der Waals surface area contributed by atoms with E-state index in [0.29, 0.717) is 17.8 Å². The van der Waals surface area contributed by atoms with Crippen molar-refractivity contribution in [1.29, 1.82) is 0 Å². The largest absolute Gasteiger partial charge is 0.322 e. The van der Waals surface area contributed by atoms with E-state index in [1.165, 1.54) is 19.4 Å². The molecule has 1 aliphatic heterocycles.